The van der Waals surface area contributed by atoms with Crippen molar-refractivity contribution < 1.29 is 29.4 Å². The Morgan fingerprint density at radius 1 is 0.933 bits per heavy atom. The van der Waals surface area contributed by atoms with E-state index in [1.807, 2.05) is 0 Å². The molecule has 0 aromatic heterocycles. The number of hydrogen-bond donors (Lipinski definition) is 8. The molecule has 0 heterocycles. The monoisotopic (exact) mass is 449 g/mol. The van der Waals surface area contributed by atoms with Crippen LogP contribution in [0.5, 0.6) is 0 Å². The Bertz CT molecular complexity index is 589. The molecule has 11 nitrogen and oxygen atoms in total. The van der Waals surface area contributed by atoms with Crippen LogP contribution in [0.2, 0.25) is 0 Å². The van der Waals surface area contributed by atoms with E-state index < -0.39 is 54.0 Å². The van der Waals surface area contributed by atoms with Gasteiger partial charge in [0.05, 0.1) is 12.1 Å². The maximum absolute atomic E-state index is 12.6. The number of carboxylic acids is 1. The molecule has 0 saturated carbocycles. The van der Waals surface area contributed by atoms with Gasteiger partial charge >= 0.3 is 5.97 Å². The molecule has 0 bridgehead atoms. The van der Waals surface area contributed by atoms with Crippen molar-refractivity contribution in [2.45, 2.75) is 70.3 Å². The van der Waals surface area contributed by atoms with Crippen LogP contribution in [0.25, 0.3) is 0 Å². The molecule has 30 heavy (non-hydrogen) atoms. The van der Waals surface area contributed by atoms with Gasteiger partial charge in [-0.3, -0.25) is 14.4 Å². The minimum Gasteiger partial charge on any atom is -0.480 e. The highest BCUT2D eigenvalue weighted by Crippen LogP contribution is 2.04. The highest BCUT2D eigenvalue weighted by molar-refractivity contribution is 7.80. The van der Waals surface area contributed by atoms with Crippen molar-refractivity contribution in [1.29, 1.82) is 0 Å². The zero-order valence-corrected chi connectivity index (χ0v) is 18.5. The Kier molecular flexibility index (Phi) is 13.3. The summed E-state index contributed by atoms with van der Waals surface area (Å²) in [4.78, 5) is 48.4. The summed E-state index contributed by atoms with van der Waals surface area (Å²) >= 11 is 4.02. The van der Waals surface area contributed by atoms with E-state index in [0.29, 0.717) is 25.8 Å². The second kappa shape index (κ2) is 14.2. The fourth-order valence-corrected chi connectivity index (χ4v) is 2.79. The van der Waals surface area contributed by atoms with E-state index in [1.54, 1.807) is 13.8 Å². The number of nitrogens with two attached hydrogens (primary N) is 2. The van der Waals surface area contributed by atoms with Crippen molar-refractivity contribution in [1.82, 2.24) is 16.0 Å². The number of aliphatic hydroxyl groups is 1. The van der Waals surface area contributed by atoms with Crippen LogP contribution in [0.3, 0.4) is 0 Å². The largest absolute Gasteiger partial charge is 0.480 e. The van der Waals surface area contributed by atoms with Crippen LogP contribution < -0.4 is 27.4 Å². The van der Waals surface area contributed by atoms with Crippen LogP contribution in [0.4, 0.5) is 0 Å². The van der Waals surface area contributed by atoms with Crippen molar-refractivity contribution in [3.8, 4) is 0 Å². The molecule has 0 aliphatic heterocycles. The summed E-state index contributed by atoms with van der Waals surface area (Å²) in [6, 6.07) is -4.54. The molecule has 0 radical (unpaired) electrons. The molecule has 3 amide bonds. The molecular formula is C18H35N5O6S. The highest BCUT2D eigenvalue weighted by Gasteiger charge is 2.32. The Hall–Kier alpha value is -1.89. The van der Waals surface area contributed by atoms with E-state index in [-0.39, 0.29) is 11.7 Å². The van der Waals surface area contributed by atoms with Crippen molar-refractivity contribution in [2.75, 3.05) is 12.3 Å². The quantitative estimate of drug-likeness (QED) is 0.109. The van der Waals surface area contributed by atoms with Crippen molar-refractivity contribution in [3.63, 3.8) is 0 Å². The number of hydrogen-bond acceptors (Lipinski definition) is 8. The molecule has 174 valence electrons. The molecule has 12 heteroatoms. The van der Waals surface area contributed by atoms with Gasteiger partial charge < -0.3 is 37.6 Å². The fraction of sp³-hybridized carbons (Fsp3) is 0.778. The molecule has 0 saturated heterocycles. The molecule has 0 aliphatic rings. The number of unbranched alkanes of at least 4 members (excludes halogenated alkanes) is 1. The molecule has 0 spiro atoms. The van der Waals surface area contributed by atoms with Crippen molar-refractivity contribution >= 4 is 36.3 Å². The molecule has 5 unspecified atom stereocenters. The molecule has 5 atom stereocenters. The lowest BCUT2D eigenvalue weighted by molar-refractivity contribution is -0.143. The number of aliphatic hydroxyl groups excluding tert-OH is 1. The third-order valence-electron chi connectivity index (χ3n) is 4.41. The van der Waals surface area contributed by atoms with Gasteiger partial charge in [0.2, 0.25) is 17.7 Å². The predicted octanol–water partition coefficient (Wildman–Crippen LogP) is -2.05. The topological polar surface area (TPSA) is 197 Å². The highest BCUT2D eigenvalue weighted by atomic mass is 32.1. The first kappa shape index (κ1) is 28.1. The normalized spacial score (nSPS) is 16.1. The van der Waals surface area contributed by atoms with Gasteiger partial charge in [-0.25, -0.2) is 4.79 Å². The molecule has 0 aromatic carbocycles. The third-order valence-corrected chi connectivity index (χ3v) is 4.78. The number of rotatable bonds is 14. The van der Waals surface area contributed by atoms with Crippen molar-refractivity contribution in [2.24, 2.45) is 17.4 Å². The molecule has 0 aromatic rings. The van der Waals surface area contributed by atoms with Gasteiger partial charge in [-0.1, -0.05) is 20.3 Å². The van der Waals surface area contributed by atoms with Crippen LogP contribution in [-0.4, -0.2) is 76.5 Å². The second-order valence-electron chi connectivity index (χ2n) is 7.43. The maximum atomic E-state index is 12.6. The van der Waals surface area contributed by atoms with E-state index in [9.17, 15) is 29.4 Å². The summed E-state index contributed by atoms with van der Waals surface area (Å²) in [5.41, 5.74) is 11.2. The lowest BCUT2D eigenvalue weighted by atomic mass is 10.0. The average Bonchev–Trinajstić information content (AvgIpc) is 2.66. The van der Waals surface area contributed by atoms with Gasteiger partial charge in [-0.15, -0.1) is 0 Å². The van der Waals surface area contributed by atoms with Crippen LogP contribution in [0.15, 0.2) is 0 Å². The van der Waals surface area contributed by atoms with Gasteiger partial charge in [0.1, 0.15) is 18.1 Å². The molecule has 0 rings (SSSR count). The molecular weight excluding hydrogens is 414 g/mol. The standard InChI is InChI=1S/C18H35N5O6S/c1-9(2)13(18(28)29)22-16(26)12(8-30)21-17(27)14(10(3)24)23-15(25)11(20)6-4-5-7-19/h9-14,24,30H,4-8,19-20H2,1-3H3,(H,21,27)(H,22,26)(H,23,25)(H,28,29). The van der Waals surface area contributed by atoms with E-state index >= 15 is 0 Å². The number of amides is 3. The zero-order chi connectivity index (χ0) is 23.4. The number of carbonyl (C=O) groups is 4. The van der Waals surface area contributed by atoms with E-state index in [1.165, 1.54) is 6.92 Å². The maximum Gasteiger partial charge on any atom is 0.326 e. The van der Waals surface area contributed by atoms with E-state index in [2.05, 4.69) is 28.6 Å². The van der Waals surface area contributed by atoms with E-state index in [0.717, 1.165) is 0 Å². The number of thiol groups is 1. The zero-order valence-electron chi connectivity index (χ0n) is 17.6. The molecule has 9 N–H and O–H groups in total. The van der Waals surface area contributed by atoms with Crippen LogP contribution in [0.1, 0.15) is 40.0 Å². The number of nitrogens with one attached hydrogen (secondary N) is 3. The van der Waals surface area contributed by atoms with E-state index in [4.69, 9.17) is 11.5 Å². The summed E-state index contributed by atoms with van der Waals surface area (Å²) in [5.74, 6) is -3.90. The second-order valence-corrected chi connectivity index (χ2v) is 7.80. The smallest absolute Gasteiger partial charge is 0.326 e. The van der Waals surface area contributed by atoms with Crippen LogP contribution >= 0.6 is 12.6 Å². The summed E-state index contributed by atoms with van der Waals surface area (Å²) in [6.45, 7) is 5.03. The Labute approximate surface area is 182 Å². The van der Waals surface area contributed by atoms with Gasteiger partial charge in [0, 0.05) is 5.75 Å². The summed E-state index contributed by atoms with van der Waals surface area (Å²) in [5, 5.41) is 26.2. The summed E-state index contributed by atoms with van der Waals surface area (Å²) < 4.78 is 0. The van der Waals surface area contributed by atoms with Crippen LogP contribution in [-0.2, 0) is 19.2 Å². The Morgan fingerprint density at radius 3 is 1.93 bits per heavy atom. The first-order valence-corrected chi connectivity index (χ1v) is 10.5. The first-order chi connectivity index (χ1) is 14.0. The number of aliphatic carboxylic acids is 1. The van der Waals surface area contributed by atoms with Gasteiger partial charge in [-0.2, -0.15) is 12.6 Å². The SMILES string of the molecule is CC(C)C(NC(=O)C(CS)NC(=O)C(NC(=O)C(N)CCCCN)C(C)O)C(=O)O. The van der Waals surface area contributed by atoms with Crippen LogP contribution in [0, 0.1) is 5.92 Å². The first-order valence-electron chi connectivity index (χ1n) is 9.84. The van der Waals surface area contributed by atoms with Gasteiger partial charge in [-0.05, 0) is 32.2 Å². The van der Waals surface area contributed by atoms with Gasteiger partial charge in [0.15, 0.2) is 0 Å². The minimum absolute atomic E-state index is 0.124. The molecule has 0 aliphatic carbocycles. The number of carbonyl (C=O) groups excluding carboxylic acids is 3. The Balaban J connectivity index is 5.07. The van der Waals surface area contributed by atoms with Gasteiger partial charge in [0.25, 0.3) is 0 Å². The summed E-state index contributed by atoms with van der Waals surface area (Å²) in [7, 11) is 0. The minimum atomic E-state index is -1.35. The van der Waals surface area contributed by atoms with Crippen molar-refractivity contribution in [3.05, 3.63) is 0 Å². The lowest BCUT2D eigenvalue weighted by Gasteiger charge is -2.26. The predicted molar refractivity (Wildman–Crippen MR) is 115 cm³/mol. The third kappa shape index (κ3) is 9.74. The Morgan fingerprint density at radius 2 is 1.50 bits per heavy atom. The average molecular weight is 450 g/mol. The molecule has 0 fully saturated rings. The lowest BCUT2D eigenvalue weighted by Crippen LogP contribution is -2.60. The fourth-order valence-electron chi connectivity index (χ4n) is 2.53. The summed E-state index contributed by atoms with van der Waals surface area (Å²) in [6.07, 6.45) is 0.438. The number of carboxylic acid groups (broad SMARTS) is 1.